The van der Waals surface area contributed by atoms with Crippen molar-refractivity contribution in [1.29, 1.82) is 0 Å². The number of rotatable bonds is 9. The molecule has 4 rings (SSSR count). The molecule has 192 valence electrons. The van der Waals surface area contributed by atoms with Crippen LogP contribution in [0, 0.1) is 0 Å². The first-order valence-electron chi connectivity index (χ1n) is 12.4. The van der Waals surface area contributed by atoms with Gasteiger partial charge in [-0.25, -0.2) is 9.78 Å². The van der Waals surface area contributed by atoms with Gasteiger partial charge in [-0.3, -0.25) is 0 Å². The molecule has 7 nitrogen and oxygen atoms in total. The van der Waals surface area contributed by atoms with Crippen LogP contribution in [0.5, 0.6) is 0 Å². The highest BCUT2D eigenvalue weighted by Crippen LogP contribution is 2.38. The van der Waals surface area contributed by atoms with Gasteiger partial charge in [-0.2, -0.15) is 0 Å². The fraction of sp³-hybridized carbons (Fsp3) is 0.310. The van der Waals surface area contributed by atoms with E-state index in [4.69, 9.17) is 8.84 Å². The summed E-state index contributed by atoms with van der Waals surface area (Å²) >= 11 is 0. The average Bonchev–Trinajstić information content (AvgIpc) is 3.32. The van der Waals surface area contributed by atoms with Crippen molar-refractivity contribution in [2.75, 3.05) is 0 Å². The van der Waals surface area contributed by atoms with Crippen LogP contribution in [0.2, 0.25) is 18.1 Å². The van der Waals surface area contributed by atoms with Gasteiger partial charge in [0.25, 0.3) is 5.89 Å². The second-order valence-corrected chi connectivity index (χ2v) is 15.4. The van der Waals surface area contributed by atoms with Gasteiger partial charge >= 0.3 is 5.97 Å². The Hall–Kier alpha value is -3.62. The van der Waals surface area contributed by atoms with Gasteiger partial charge in [0.05, 0.1) is 12.5 Å². The van der Waals surface area contributed by atoms with Crippen LogP contribution in [-0.2, 0) is 17.3 Å². The van der Waals surface area contributed by atoms with Crippen LogP contribution in [0.25, 0.3) is 22.7 Å². The van der Waals surface area contributed by atoms with Gasteiger partial charge in [0.1, 0.15) is 11.4 Å². The number of hydrogen-bond acceptors (Lipinski definition) is 6. The number of carbonyl (C=O) groups is 1. The molecule has 0 bridgehead atoms. The molecule has 0 aliphatic heterocycles. The van der Waals surface area contributed by atoms with Gasteiger partial charge in [-0.1, -0.05) is 81.4 Å². The number of pyridine rings is 1. The highest BCUT2D eigenvalue weighted by Gasteiger charge is 2.39. The molecule has 0 aliphatic rings. The molecule has 8 heteroatoms. The maximum absolute atomic E-state index is 11.3. The smallest absolute Gasteiger partial charge is 0.354 e. The van der Waals surface area contributed by atoms with E-state index in [1.165, 1.54) is 22.8 Å². The van der Waals surface area contributed by atoms with Crippen LogP contribution < -0.4 is 0 Å². The van der Waals surface area contributed by atoms with Crippen molar-refractivity contribution in [3.05, 3.63) is 89.9 Å². The van der Waals surface area contributed by atoms with E-state index in [0.29, 0.717) is 24.4 Å². The lowest BCUT2D eigenvalue weighted by Crippen LogP contribution is -2.45. The summed E-state index contributed by atoms with van der Waals surface area (Å²) in [6.45, 7) is 11.1. The lowest BCUT2D eigenvalue weighted by Gasteiger charge is -2.39. The van der Waals surface area contributed by atoms with Gasteiger partial charge in [-0.15, -0.1) is 10.2 Å². The van der Waals surface area contributed by atoms with Crippen molar-refractivity contribution in [1.82, 2.24) is 15.2 Å². The number of benzene rings is 2. The summed E-state index contributed by atoms with van der Waals surface area (Å²) in [7, 11) is -2.08. The van der Waals surface area contributed by atoms with E-state index in [1.54, 1.807) is 12.1 Å². The lowest BCUT2D eigenvalue weighted by atomic mass is 10.0. The number of carboxylic acids is 1. The molecular weight excluding hydrogens is 482 g/mol. The van der Waals surface area contributed by atoms with Gasteiger partial charge in [0, 0.05) is 0 Å². The monoisotopic (exact) mass is 515 g/mol. The van der Waals surface area contributed by atoms with Gasteiger partial charge in [0.15, 0.2) is 8.32 Å². The highest BCUT2D eigenvalue weighted by molar-refractivity contribution is 6.74. The molecule has 4 aromatic rings. The Labute approximate surface area is 218 Å². The van der Waals surface area contributed by atoms with Crippen LogP contribution in [0.3, 0.4) is 0 Å². The second-order valence-electron chi connectivity index (χ2n) is 10.7. The molecule has 1 atom stereocenters. The quantitative estimate of drug-likeness (QED) is 0.248. The second kappa shape index (κ2) is 10.8. The number of aromatic carboxylic acids is 1. The molecule has 37 heavy (non-hydrogen) atoms. The Bertz CT molecular complexity index is 1350. The van der Waals surface area contributed by atoms with Crippen LogP contribution >= 0.6 is 0 Å². The van der Waals surface area contributed by atoms with Crippen LogP contribution in [0.4, 0.5) is 0 Å². The minimum absolute atomic E-state index is 0.0452. The molecule has 1 unspecified atom stereocenters. The van der Waals surface area contributed by atoms with Gasteiger partial charge < -0.3 is 13.9 Å². The van der Waals surface area contributed by atoms with Crippen molar-refractivity contribution in [2.24, 2.45) is 0 Å². The maximum atomic E-state index is 11.3. The molecule has 0 aliphatic carbocycles. The summed E-state index contributed by atoms with van der Waals surface area (Å²) in [5.74, 6) is -0.485. The maximum Gasteiger partial charge on any atom is 0.354 e. The number of aromatic nitrogens is 3. The molecule has 0 saturated heterocycles. The Morgan fingerprint density at radius 2 is 1.59 bits per heavy atom. The molecule has 0 amide bonds. The van der Waals surface area contributed by atoms with E-state index < -0.39 is 14.3 Å². The summed E-state index contributed by atoms with van der Waals surface area (Å²) in [4.78, 5) is 15.4. The van der Waals surface area contributed by atoms with E-state index in [0.717, 1.165) is 0 Å². The first-order chi connectivity index (χ1) is 17.5. The van der Waals surface area contributed by atoms with Crippen LogP contribution in [-0.4, -0.2) is 40.7 Å². The minimum atomic E-state index is -2.08. The number of nitrogens with zero attached hydrogens (tertiary/aromatic N) is 3. The Balaban J connectivity index is 1.56. The van der Waals surface area contributed by atoms with Crippen molar-refractivity contribution >= 4 is 14.3 Å². The first-order valence-corrected chi connectivity index (χ1v) is 15.3. The zero-order valence-corrected chi connectivity index (χ0v) is 22.9. The number of carboxylic acid groups (broad SMARTS) is 1. The zero-order valence-electron chi connectivity index (χ0n) is 21.9. The molecule has 2 heterocycles. The van der Waals surface area contributed by atoms with Gasteiger partial charge in [0.2, 0.25) is 5.89 Å². The Morgan fingerprint density at radius 1 is 0.919 bits per heavy atom. The van der Waals surface area contributed by atoms with E-state index in [-0.39, 0.29) is 22.7 Å². The molecule has 0 saturated carbocycles. The van der Waals surface area contributed by atoms with E-state index in [9.17, 15) is 9.90 Å². The normalized spacial score (nSPS) is 12.9. The minimum Gasteiger partial charge on any atom is -0.477 e. The Morgan fingerprint density at radius 3 is 2.24 bits per heavy atom. The van der Waals surface area contributed by atoms with E-state index >= 15 is 0 Å². The topological polar surface area (TPSA) is 98.3 Å². The average molecular weight is 516 g/mol. The lowest BCUT2D eigenvalue weighted by molar-refractivity contribution is 0.0690. The summed E-state index contributed by atoms with van der Waals surface area (Å²) in [5.41, 5.74) is 3.78. The van der Waals surface area contributed by atoms with Crippen molar-refractivity contribution in [3.8, 4) is 22.7 Å². The summed E-state index contributed by atoms with van der Waals surface area (Å²) in [6, 6.07) is 23.6. The zero-order chi connectivity index (χ0) is 26.6. The molecule has 0 radical (unpaired) electrons. The number of hydrogen-bond donors (Lipinski definition) is 1. The van der Waals surface area contributed by atoms with Gasteiger partial charge in [-0.05, 0) is 53.4 Å². The third kappa shape index (κ3) is 6.58. The fourth-order valence-electron chi connectivity index (χ4n) is 3.78. The summed E-state index contributed by atoms with van der Waals surface area (Å²) in [6.07, 6.45) is 0.986. The van der Waals surface area contributed by atoms with Crippen molar-refractivity contribution < 1.29 is 18.7 Å². The van der Waals surface area contributed by atoms with E-state index in [1.807, 2.05) is 18.2 Å². The molecule has 2 aromatic heterocycles. The third-order valence-electron chi connectivity index (χ3n) is 6.85. The molecule has 0 fully saturated rings. The largest absolute Gasteiger partial charge is 0.477 e. The predicted octanol–water partition coefficient (Wildman–Crippen LogP) is 6.67. The molecule has 0 spiro atoms. The van der Waals surface area contributed by atoms with Crippen LogP contribution in [0.1, 0.15) is 42.7 Å². The third-order valence-corrected chi connectivity index (χ3v) is 11.4. The first kappa shape index (κ1) is 26.4. The fourth-order valence-corrected chi connectivity index (χ4v) is 5.14. The SMILES string of the molecule is CC(C)(C)[Si](C)(C)OC(Cc1ccc(-c2ccccc2)cc1)Cc1nnc(-c2cccc(C(=O)O)n2)o1. The van der Waals surface area contributed by atoms with Crippen molar-refractivity contribution in [3.63, 3.8) is 0 Å². The molecular formula is C29H33N3O4Si. The van der Waals surface area contributed by atoms with Crippen LogP contribution in [0.15, 0.2) is 77.2 Å². The standard InChI is InChI=1S/C29H33N3O4Si/c1-29(2,3)37(4,5)36-23(18-20-14-16-22(17-15-20)21-10-7-6-8-11-21)19-26-31-32-27(35-26)24-12-9-13-25(30-24)28(33)34/h6-17,23H,18-19H2,1-5H3,(H,33,34). The predicted molar refractivity (Wildman–Crippen MR) is 146 cm³/mol. The highest BCUT2D eigenvalue weighted by atomic mass is 28.4. The molecule has 1 N–H and O–H groups in total. The Kier molecular flexibility index (Phi) is 7.70. The van der Waals surface area contributed by atoms with Crippen molar-refractivity contribution in [2.45, 2.75) is 57.8 Å². The molecule has 2 aromatic carbocycles. The van der Waals surface area contributed by atoms with E-state index in [2.05, 4.69) is 85.4 Å². The summed E-state index contributed by atoms with van der Waals surface area (Å²) in [5, 5.41) is 17.6. The summed E-state index contributed by atoms with van der Waals surface area (Å²) < 4.78 is 12.7.